The van der Waals surface area contributed by atoms with Crippen molar-refractivity contribution in [2.45, 2.75) is 37.2 Å². The van der Waals surface area contributed by atoms with Gasteiger partial charge in [0.05, 0.1) is 4.90 Å². The zero-order chi connectivity index (χ0) is 15.6. The fraction of sp³-hybridized carbons (Fsp3) is 0.571. The number of nitrogens with zero attached hydrogens (tertiary/aromatic N) is 1. The molecular formula is C14H22FN3O2S. The second-order valence-corrected chi connectivity index (χ2v) is 7.27. The molecule has 1 heterocycles. The van der Waals surface area contributed by atoms with Crippen molar-refractivity contribution in [1.29, 1.82) is 0 Å². The van der Waals surface area contributed by atoms with Crippen molar-refractivity contribution in [3.8, 4) is 0 Å². The summed E-state index contributed by atoms with van der Waals surface area (Å²) < 4.78 is 41.2. The number of nitrogens with one attached hydrogen (secondary N) is 1. The van der Waals surface area contributed by atoms with E-state index in [9.17, 15) is 12.8 Å². The van der Waals surface area contributed by atoms with Crippen LogP contribution in [0.5, 0.6) is 0 Å². The fourth-order valence-corrected chi connectivity index (χ4v) is 4.00. The molecule has 0 radical (unpaired) electrons. The van der Waals surface area contributed by atoms with Gasteiger partial charge in [-0.1, -0.05) is 0 Å². The Morgan fingerprint density at radius 3 is 2.76 bits per heavy atom. The van der Waals surface area contributed by atoms with Gasteiger partial charge in [0.2, 0.25) is 10.0 Å². The molecule has 1 aromatic carbocycles. The van der Waals surface area contributed by atoms with E-state index in [2.05, 4.69) is 9.62 Å². The first kappa shape index (κ1) is 16.4. The van der Waals surface area contributed by atoms with Crippen LogP contribution in [0.15, 0.2) is 17.0 Å². The van der Waals surface area contributed by atoms with Crippen LogP contribution in [0, 0.1) is 12.7 Å². The average Bonchev–Trinajstić information content (AvgIpc) is 2.84. The number of likely N-dealkylation sites (N-methyl/N-ethyl adjacent to an activating group) is 1. The van der Waals surface area contributed by atoms with Gasteiger partial charge >= 0.3 is 0 Å². The van der Waals surface area contributed by atoms with Crippen LogP contribution in [0.1, 0.15) is 24.0 Å². The SMILES string of the molecule is Cc1c(F)cc(CN)cc1S(=O)(=O)NCC1CCCN1C. The van der Waals surface area contributed by atoms with Crippen molar-refractivity contribution in [3.05, 3.63) is 29.1 Å². The summed E-state index contributed by atoms with van der Waals surface area (Å²) in [6.07, 6.45) is 2.04. The predicted octanol–water partition coefficient (Wildman–Crippen LogP) is 0.965. The molecule has 0 aromatic heterocycles. The Labute approximate surface area is 125 Å². The van der Waals surface area contributed by atoms with Gasteiger partial charge in [-0.3, -0.25) is 0 Å². The van der Waals surface area contributed by atoms with Gasteiger partial charge in [-0.05, 0) is 51.1 Å². The summed E-state index contributed by atoms with van der Waals surface area (Å²) in [4.78, 5) is 2.11. The molecule has 0 aliphatic carbocycles. The Morgan fingerprint density at radius 2 is 2.19 bits per heavy atom. The lowest BCUT2D eigenvalue weighted by molar-refractivity contribution is 0.311. The van der Waals surface area contributed by atoms with Crippen LogP contribution in [0.3, 0.4) is 0 Å². The summed E-state index contributed by atoms with van der Waals surface area (Å²) >= 11 is 0. The van der Waals surface area contributed by atoms with Gasteiger partial charge in [0, 0.05) is 24.7 Å². The monoisotopic (exact) mass is 315 g/mol. The first-order chi connectivity index (χ1) is 9.85. The maximum absolute atomic E-state index is 13.8. The minimum Gasteiger partial charge on any atom is -0.326 e. The first-order valence-electron chi connectivity index (χ1n) is 7.04. The van der Waals surface area contributed by atoms with Crippen molar-refractivity contribution in [3.63, 3.8) is 0 Å². The Bertz CT molecular complexity index is 619. The van der Waals surface area contributed by atoms with E-state index in [1.807, 2.05) is 7.05 Å². The van der Waals surface area contributed by atoms with Crippen molar-refractivity contribution in [2.75, 3.05) is 20.1 Å². The van der Waals surface area contributed by atoms with Crippen molar-refractivity contribution >= 4 is 10.0 Å². The minimum absolute atomic E-state index is 0.0244. The molecule has 5 nitrogen and oxygen atoms in total. The molecule has 1 atom stereocenters. The number of hydrogen-bond acceptors (Lipinski definition) is 4. The molecule has 1 aliphatic heterocycles. The molecule has 0 bridgehead atoms. The molecule has 3 N–H and O–H groups in total. The Kier molecular flexibility index (Phi) is 4.98. The van der Waals surface area contributed by atoms with Crippen LogP contribution in [-0.4, -0.2) is 39.5 Å². The largest absolute Gasteiger partial charge is 0.326 e. The van der Waals surface area contributed by atoms with Crippen LogP contribution in [-0.2, 0) is 16.6 Å². The summed E-state index contributed by atoms with van der Waals surface area (Å²) in [6, 6.07) is 2.92. The molecule has 21 heavy (non-hydrogen) atoms. The molecule has 1 unspecified atom stereocenters. The lowest BCUT2D eigenvalue weighted by Crippen LogP contribution is -2.38. The smallest absolute Gasteiger partial charge is 0.240 e. The van der Waals surface area contributed by atoms with Crippen LogP contribution in [0.2, 0.25) is 0 Å². The lowest BCUT2D eigenvalue weighted by atomic mass is 10.1. The fourth-order valence-electron chi connectivity index (χ4n) is 2.62. The summed E-state index contributed by atoms with van der Waals surface area (Å²) in [5, 5.41) is 0. The van der Waals surface area contributed by atoms with Crippen molar-refractivity contribution < 1.29 is 12.8 Å². The van der Waals surface area contributed by atoms with E-state index in [-0.39, 0.29) is 23.0 Å². The highest BCUT2D eigenvalue weighted by atomic mass is 32.2. The lowest BCUT2D eigenvalue weighted by Gasteiger charge is -2.20. The highest BCUT2D eigenvalue weighted by molar-refractivity contribution is 7.89. The zero-order valence-electron chi connectivity index (χ0n) is 12.4. The molecule has 1 fully saturated rings. The Morgan fingerprint density at radius 1 is 1.48 bits per heavy atom. The molecule has 118 valence electrons. The third-order valence-electron chi connectivity index (χ3n) is 4.06. The second kappa shape index (κ2) is 6.39. The predicted molar refractivity (Wildman–Crippen MR) is 79.9 cm³/mol. The highest BCUT2D eigenvalue weighted by Crippen LogP contribution is 2.21. The standard InChI is InChI=1S/C14H22FN3O2S/c1-10-13(15)6-11(8-16)7-14(10)21(19,20)17-9-12-4-3-5-18(12)2/h6-7,12,17H,3-5,8-9,16H2,1-2H3. The van der Waals surface area contributed by atoms with Crippen molar-refractivity contribution in [1.82, 2.24) is 9.62 Å². The van der Waals surface area contributed by atoms with E-state index in [0.29, 0.717) is 12.1 Å². The number of nitrogens with two attached hydrogens (primary N) is 1. The normalized spacial score (nSPS) is 20.1. The van der Waals surface area contributed by atoms with E-state index in [1.165, 1.54) is 19.1 Å². The van der Waals surface area contributed by atoms with Crippen LogP contribution < -0.4 is 10.5 Å². The number of rotatable bonds is 5. The van der Waals surface area contributed by atoms with E-state index in [0.717, 1.165) is 19.4 Å². The highest BCUT2D eigenvalue weighted by Gasteiger charge is 2.25. The Balaban J connectivity index is 2.21. The molecule has 0 spiro atoms. The molecule has 1 aromatic rings. The molecule has 7 heteroatoms. The summed E-state index contributed by atoms with van der Waals surface area (Å²) in [7, 11) is -1.75. The van der Waals surface area contributed by atoms with E-state index in [4.69, 9.17) is 5.73 Å². The van der Waals surface area contributed by atoms with E-state index in [1.54, 1.807) is 0 Å². The summed E-state index contributed by atoms with van der Waals surface area (Å²) in [5.41, 5.74) is 6.08. The maximum Gasteiger partial charge on any atom is 0.240 e. The minimum atomic E-state index is -3.73. The number of hydrogen-bond donors (Lipinski definition) is 2. The number of likely N-dealkylation sites (tertiary alicyclic amines) is 1. The van der Waals surface area contributed by atoms with Gasteiger partial charge in [-0.15, -0.1) is 0 Å². The number of benzene rings is 1. The average molecular weight is 315 g/mol. The summed E-state index contributed by atoms with van der Waals surface area (Å²) in [6.45, 7) is 2.88. The van der Waals surface area contributed by atoms with E-state index < -0.39 is 15.8 Å². The van der Waals surface area contributed by atoms with Gasteiger partial charge in [0.1, 0.15) is 5.82 Å². The second-order valence-electron chi connectivity index (χ2n) is 5.53. The van der Waals surface area contributed by atoms with Crippen LogP contribution in [0.4, 0.5) is 4.39 Å². The zero-order valence-corrected chi connectivity index (χ0v) is 13.2. The van der Waals surface area contributed by atoms with Gasteiger partial charge in [-0.25, -0.2) is 17.5 Å². The summed E-state index contributed by atoms with van der Waals surface area (Å²) in [5.74, 6) is -0.545. The van der Waals surface area contributed by atoms with Crippen LogP contribution >= 0.6 is 0 Å². The van der Waals surface area contributed by atoms with Gasteiger partial charge in [0.25, 0.3) is 0 Å². The number of sulfonamides is 1. The van der Waals surface area contributed by atoms with Gasteiger partial charge in [0.15, 0.2) is 0 Å². The molecular weight excluding hydrogens is 293 g/mol. The number of halogens is 1. The molecule has 1 saturated heterocycles. The molecule has 0 saturated carbocycles. The third kappa shape index (κ3) is 3.60. The van der Waals surface area contributed by atoms with E-state index >= 15 is 0 Å². The quantitative estimate of drug-likeness (QED) is 0.849. The topological polar surface area (TPSA) is 75.4 Å². The molecule has 0 amide bonds. The molecule has 2 rings (SSSR count). The third-order valence-corrected chi connectivity index (χ3v) is 5.61. The Hall–Kier alpha value is -1.02. The van der Waals surface area contributed by atoms with Gasteiger partial charge < -0.3 is 10.6 Å². The van der Waals surface area contributed by atoms with Crippen molar-refractivity contribution in [2.24, 2.45) is 5.73 Å². The molecule has 1 aliphatic rings. The maximum atomic E-state index is 13.8. The first-order valence-corrected chi connectivity index (χ1v) is 8.52. The van der Waals surface area contributed by atoms with Crippen LogP contribution in [0.25, 0.3) is 0 Å². The van der Waals surface area contributed by atoms with Gasteiger partial charge in [-0.2, -0.15) is 0 Å².